The van der Waals surface area contributed by atoms with Gasteiger partial charge in [-0.15, -0.1) is 11.8 Å². The predicted molar refractivity (Wildman–Crippen MR) is 95.2 cm³/mol. The average Bonchev–Trinajstić information content (AvgIpc) is 3.02. The molecule has 2 aromatic rings. The Bertz CT molecular complexity index is 732. The summed E-state index contributed by atoms with van der Waals surface area (Å²) in [5.74, 6) is 2.57. The molecule has 0 bridgehead atoms. The maximum Gasteiger partial charge on any atom is 0.238 e. The minimum atomic E-state index is -0.157. The minimum absolute atomic E-state index is 0.0695. The van der Waals surface area contributed by atoms with Gasteiger partial charge in [0, 0.05) is 11.3 Å². The van der Waals surface area contributed by atoms with Gasteiger partial charge in [0.15, 0.2) is 11.5 Å². The van der Waals surface area contributed by atoms with Crippen LogP contribution in [0.15, 0.2) is 42.5 Å². The van der Waals surface area contributed by atoms with E-state index in [0.29, 0.717) is 17.3 Å². The zero-order valence-electron chi connectivity index (χ0n) is 13.8. The van der Waals surface area contributed by atoms with Gasteiger partial charge in [0.05, 0.1) is 27.1 Å². The van der Waals surface area contributed by atoms with E-state index in [9.17, 15) is 4.79 Å². The molecule has 3 rings (SSSR count). The lowest BCUT2D eigenvalue weighted by Gasteiger charge is -2.26. The van der Waals surface area contributed by atoms with Crippen molar-refractivity contribution in [3.63, 3.8) is 0 Å². The SMILES string of the molecule is COc1ccc(N2C(=O)CS[C@@H]2c2cccc(OC)c2OC)cc1. The molecule has 0 unspecified atom stereocenters. The van der Waals surface area contributed by atoms with Crippen LogP contribution in [0.4, 0.5) is 5.69 Å². The van der Waals surface area contributed by atoms with Crippen molar-refractivity contribution >= 4 is 23.4 Å². The molecule has 126 valence electrons. The second kappa shape index (κ2) is 7.05. The Hall–Kier alpha value is -2.34. The van der Waals surface area contributed by atoms with Gasteiger partial charge in [0.2, 0.25) is 5.91 Å². The van der Waals surface area contributed by atoms with Gasteiger partial charge in [-0.1, -0.05) is 12.1 Å². The Labute approximate surface area is 145 Å². The molecule has 1 heterocycles. The average molecular weight is 345 g/mol. The highest BCUT2D eigenvalue weighted by Gasteiger charge is 2.36. The molecule has 1 fully saturated rings. The number of carbonyl (C=O) groups is 1. The summed E-state index contributed by atoms with van der Waals surface area (Å²) in [6.45, 7) is 0. The lowest BCUT2D eigenvalue weighted by atomic mass is 10.1. The molecular formula is C18H19NO4S. The van der Waals surface area contributed by atoms with E-state index < -0.39 is 0 Å². The van der Waals surface area contributed by atoms with Gasteiger partial charge in [-0.2, -0.15) is 0 Å². The molecule has 0 aliphatic carbocycles. The standard InChI is InChI=1S/C18H19NO4S/c1-21-13-9-7-12(8-10-13)19-16(20)11-24-18(19)14-5-4-6-15(22-2)17(14)23-3/h4-10,18H,11H2,1-3H3/t18-/m1/s1. The van der Waals surface area contributed by atoms with Crippen LogP contribution < -0.4 is 19.1 Å². The topological polar surface area (TPSA) is 48.0 Å². The van der Waals surface area contributed by atoms with Gasteiger partial charge in [-0.3, -0.25) is 9.69 Å². The number of rotatable bonds is 5. The first kappa shape index (κ1) is 16.5. The molecule has 0 spiro atoms. The molecule has 0 saturated carbocycles. The van der Waals surface area contributed by atoms with Crippen LogP contribution >= 0.6 is 11.8 Å². The summed E-state index contributed by atoms with van der Waals surface area (Å²) in [6, 6.07) is 13.2. The molecule has 2 aromatic carbocycles. The van der Waals surface area contributed by atoms with Gasteiger partial charge in [-0.05, 0) is 30.3 Å². The maximum absolute atomic E-state index is 12.5. The van der Waals surface area contributed by atoms with E-state index in [4.69, 9.17) is 14.2 Å². The number of carbonyl (C=O) groups excluding carboxylic acids is 1. The van der Waals surface area contributed by atoms with Crippen LogP contribution in [0.2, 0.25) is 0 Å². The van der Waals surface area contributed by atoms with Crippen molar-refractivity contribution in [3.05, 3.63) is 48.0 Å². The highest BCUT2D eigenvalue weighted by molar-refractivity contribution is 8.00. The number of hydrogen-bond donors (Lipinski definition) is 0. The van der Waals surface area contributed by atoms with Crippen LogP contribution in [0.25, 0.3) is 0 Å². The molecule has 5 nitrogen and oxygen atoms in total. The molecule has 0 radical (unpaired) electrons. The van der Waals surface area contributed by atoms with Gasteiger partial charge in [0.1, 0.15) is 11.1 Å². The number of para-hydroxylation sites is 1. The summed E-state index contributed by atoms with van der Waals surface area (Å²) in [6.07, 6.45) is 0. The van der Waals surface area contributed by atoms with Crippen LogP contribution in [-0.4, -0.2) is 33.0 Å². The van der Waals surface area contributed by atoms with E-state index in [1.165, 1.54) is 0 Å². The normalized spacial score (nSPS) is 17.0. The van der Waals surface area contributed by atoms with Crippen molar-refractivity contribution < 1.29 is 19.0 Å². The Morgan fingerprint density at radius 2 is 1.75 bits per heavy atom. The maximum atomic E-state index is 12.5. The molecule has 0 aromatic heterocycles. The Morgan fingerprint density at radius 1 is 1.00 bits per heavy atom. The van der Waals surface area contributed by atoms with E-state index in [-0.39, 0.29) is 11.3 Å². The number of benzene rings is 2. The van der Waals surface area contributed by atoms with Crippen LogP contribution in [0.3, 0.4) is 0 Å². The van der Waals surface area contributed by atoms with E-state index in [0.717, 1.165) is 17.0 Å². The molecule has 24 heavy (non-hydrogen) atoms. The minimum Gasteiger partial charge on any atom is -0.497 e. The van der Waals surface area contributed by atoms with Gasteiger partial charge < -0.3 is 14.2 Å². The van der Waals surface area contributed by atoms with Gasteiger partial charge in [0.25, 0.3) is 0 Å². The molecule has 6 heteroatoms. The smallest absolute Gasteiger partial charge is 0.238 e. The summed E-state index contributed by atoms with van der Waals surface area (Å²) < 4.78 is 16.1. The van der Waals surface area contributed by atoms with E-state index in [1.54, 1.807) is 38.0 Å². The first-order valence-corrected chi connectivity index (χ1v) is 8.53. The lowest BCUT2D eigenvalue weighted by Crippen LogP contribution is -2.28. The van der Waals surface area contributed by atoms with Crippen molar-refractivity contribution in [2.75, 3.05) is 32.0 Å². The van der Waals surface area contributed by atoms with Crippen LogP contribution in [0, 0.1) is 0 Å². The molecule has 1 atom stereocenters. The highest BCUT2D eigenvalue weighted by Crippen LogP contribution is 2.47. The summed E-state index contributed by atoms with van der Waals surface area (Å²) in [5.41, 5.74) is 1.75. The predicted octanol–water partition coefficient (Wildman–Crippen LogP) is 3.49. The van der Waals surface area contributed by atoms with Crippen LogP contribution in [0.5, 0.6) is 17.2 Å². The third-order valence-corrected chi connectivity index (χ3v) is 5.11. The number of amides is 1. The lowest BCUT2D eigenvalue weighted by molar-refractivity contribution is -0.115. The van der Waals surface area contributed by atoms with Gasteiger partial charge >= 0.3 is 0 Å². The number of ether oxygens (including phenoxy) is 3. The third-order valence-electron chi connectivity index (χ3n) is 3.92. The largest absolute Gasteiger partial charge is 0.497 e. The summed E-state index contributed by atoms with van der Waals surface area (Å²) >= 11 is 1.57. The van der Waals surface area contributed by atoms with Crippen molar-refractivity contribution in [3.8, 4) is 17.2 Å². The van der Waals surface area contributed by atoms with E-state index in [2.05, 4.69) is 0 Å². The van der Waals surface area contributed by atoms with Crippen LogP contribution in [-0.2, 0) is 4.79 Å². The van der Waals surface area contributed by atoms with Crippen molar-refractivity contribution in [2.45, 2.75) is 5.37 Å². The monoisotopic (exact) mass is 345 g/mol. The Kier molecular flexibility index (Phi) is 4.85. The first-order valence-electron chi connectivity index (χ1n) is 7.48. The highest BCUT2D eigenvalue weighted by atomic mass is 32.2. The molecule has 1 amide bonds. The number of nitrogens with zero attached hydrogens (tertiary/aromatic N) is 1. The third kappa shape index (κ3) is 2.89. The number of anilines is 1. The molecule has 1 saturated heterocycles. The molecular weight excluding hydrogens is 326 g/mol. The van der Waals surface area contributed by atoms with E-state index >= 15 is 0 Å². The van der Waals surface area contributed by atoms with E-state index in [1.807, 2.05) is 42.5 Å². The molecule has 1 aliphatic heterocycles. The zero-order chi connectivity index (χ0) is 17.1. The van der Waals surface area contributed by atoms with Crippen molar-refractivity contribution in [1.82, 2.24) is 0 Å². The number of hydrogen-bond acceptors (Lipinski definition) is 5. The quantitative estimate of drug-likeness (QED) is 0.830. The Morgan fingerprint density at radius 3 is 2.38 bits per heavy atom. The van der Waals surface area contributed by atoms with Crippen molar-refractivity contribution in [2.24, 2.45) is 0 Å². The second-order valence-electron chi connectivity index (χ2n) is 5.21. The second-order valence-corrected chi connectivity index (χ2v) is 6.28. The first-order chi connectivity index (χ1) is 11.7. The molecule has 1 aliphatic rings. The summed E-state index contributed by atoms with van der Waals surface area (Å²) in [7, 11) is 4.84. The fraction of sp³-hybridized carbons (Fsp3) is 0.278. The number of thioether (sulfide) groups is 1. The fourth-order valence-electron chi connectivity index (χ4n) is 2.78. The summed E-state index contributed by atoms with van der Waals surface area (Å²) in [4.78, 5) is 14.3. The van der Waals surface area contributed by atoms with Gasteiger partial charge in [-0.25, -0.2) is 0 Å². The Balaban J connectivity index is 2.02. The summed E-state index contributed by atoms with van der Waals surface area (Å²) in [5, 5.41) is -0.157. The van der Waals surface area contributed by atoms with Crippen LogP contribution in [0.1, 0.15) is 10.9 Å². The number of methoxy groups -OCH3 is 3. The zero-order valence-corrected chi connectivity index (χ0v) is 14.6. The fourth-order valence-corrected chi connectivity index (χ4v) is 3.98. The van der Waals surface area contributed by atoms with Crippen molar-refractivity contribution in [1.29, 1.82) is 0 Å². The molecule has 0 N–H and O–H groups in total.